The van der Waals surface area contributed by atoms with Gasteiger partial charge in [0.2, 0.25) is 0 Å². The molecule has 0 saturated carbocycles. The highest BCUT2D eigenvalue weighted by Gasteiger charge is 2.48. The fourth-order valence-corrected chi connectivity index (χ4v) is 10.5. The van der Waals surface area contributed by atoms with Gasteiger partial charge in [0, 0.05) is 19.6 Å². The molecule has 0 aromatic carbocycles. The summed E-state index contributed by atoms with van der Waals surface area (Å²) in [6, 6.07) is 0. The van der Waals surface area contributed by atoms with Crippen molar-refractivity contribution in [2.75, 3.05) is 0 Å². The number of hydrogen-bond acceptors (Lipinski definition) is 8. The Kier molecular flexibility index (Phi) is 5.65. The summed E-state index contributed by atoms with van der Waals surface area (Å²) >= 11 is 0. The molecule has 8 nitrogen and oxygen atoms in total. The van der Waals surface area contributed by atoms with Crippen molar-refractivity contribution >= 4 is 35.7 Å². The Bertz CT molecular complexity index is 225. The molecule has 0 aliphatic carbocycles. The van der Waals surface area contributed by atoms with Crippen molar-refractivity contribution in [1.82, 2.24) is 0 Å². The Morgan fingerprint density at radius 3 is 1.62 bits per heavy atom. The van der Waals surface area contributed by atoms with Crippen LogP contribution in [0.2, 0.25) is 26.2 Å². The van der Waals surface area contributed by atoms with Gasteiger partial charge in [0.1, 0.15) is 0 Å². The Balaban J connectivity index is 4.45. The zero-order chi connectivity index (χ0) is 13.2. The van der Waals surface area contributed by atoms with Crippen LogP contribution in [-0.2, 0) is 12.3 Å². The van der Waals surface area contributed by atoms with E-state index in [9.17, 15) is 9.59 Å². The minimum atomic E-state index is -3.94. The largest absolute Gasteiger partial charge is 0.484 e. The van der Waals surface area contributed by atoms with Gasteiger partial charge in [0.05, 0.1) is 0 Å². The summed E-state index contributed by atoms with van der Waals surface area (Å²) in [4.78, 5) is 46.4. The van der Waals surface area contributed by atoms with Crippen molar-refractivity contribution in [1.29, 1.82) is 0 Å². The van der Waals surface area contributed by atoms with E-state index in [1.807, 2.05) is 0 Å². The van der Waals surface area contributed by atoms with Gasteiger partial charge >= 0.3 is 35.7 Å². The number of rotatable bonds is 6. The van der Waals surface area contributed by atoms with E-state index in [-0.39, 0.29) is 0 Å². The zero-order valence-electron chi connectivity index (χ0n) is 9.54. The van der Waals surface area contributed by atoms with Gasteiger partial charge < -0.3 is 36.3 Å². The van der Waals surface area contributed by atoms with Crippen LogP contribution >= 0.6 is 0 Å². The van der Waals surface area contributed by atoms with Crippen LogP contribution in [0.25, 0.3) is 0 Å². The second kappa shape index (κ2) is 5.46. The first-order valence-electron chi connectivity index (χ1n) is 4.49. The van der Waals surface area contributed by atoms with E-state index in [1.165, 1.54) is 13.1 Å². The minimum Gasteiger partial charge on any atom is -0.413 e. The van der Waals surface area contributed by atoms with Gasteiger partial charge in [-0.05, 0) is 6.55 Å². The van der Waals surface area contributed by atoms with Gasteiger partial charge in [-0.1, -0.05) is 0 Å². The lowest BCUT2D eigenvalue weighted by atomic mass is 11.9. The summed E-state index contributed by atoms with van der Waals surface area (Å²) in [6.07, 6.45) is 0. The van der Waals surface area contributed by atoms with Crippen molar-refractivity contribution in [2.24, 2.45) is 0 Å². The monoisotopic (exact) mass is 306 g/mol. The maximum atomic E-state index is 9.64. The highest BCUT2D eigenvalue weighted by Crippen LogP contribution is 2.15. The molecule has 0 rings (SSSR count). The molecular weight excluding hydrogens is 288 g/mol. The maximum Gasteiger partial charge on any atom is 0.484 e. The average molecular weight is 307 g/mol. The molecule has 98 valence electrons. The van der Waals surface area contributed by atoms with Crippen molar-refractivity contribution < 1.29 is 36.3 Å². The molecule has 0 heterocycles. The van der Waals surface area contributed by atoms with Crippen LogP contribution in [0.4, 0.5) is 0 Å². The van der Waals surface area contributed by atoms with Crippen LogP contribution in [0.15, 0.2) is 0 Å². The van der Waals surface area contributed by atoms with E-state index in [0.717, 1.165) is 13.1 Å². The Morgan fingerprint density at radius 2 is 1.31 bits per heavy atom. The highest BCUT2D eigenvalue weighted by atomic mass is 28.5. The molecule has 0 aromatic rings. The van der Waals surface area contributed by atoms with Crippen LogP contribution < -0.4 is 0 Å². The molecule has 5 N–H and O–H groups in total. The van der Waals surface area contributed by atoms with Gasteiger partial charge in [0.15, 0.2) is 0 Å². The summed E-state index contributed by atoms with van der Waals surface area (Å²) in [6.45, 7) is 4.75. The van der Waals surface area contributed by atoms with Crippen molar-refractivity contribution in [3.63, 3.8) is 0 Å². The summed E-state index contributed by atoms with van der Waals surface area (Å²) in [5.41, 5.74) is 0. The van der Waals surface area contributed by atoms with Gasteiger partial charge in [-0.25, -0.2) is 0 Å². The Morgan fingerprint density at radius 1 is 0.875 bits per heavy atom. The van der Waals surface area contributed by atoms with Crippen LogP contribution in [0.1, 0.15) is 0 Å². The Hall–Kier alpha value is 0.548. The van der Waals surface area contributed by atoms with Crippen molar-refractivity contribution in [3.8, 4) is 0 Å². The zero-order valence-corrected chi connectivity index (χ0v) is 13.7. The van der Waals surface area contributed by atoms with E-state index >= 15 is 0 Å². The van der Waals surface area contributed by atoms with E-state index in [2.05, 4.69) is 4.12 Å². The van der Waals surface area contributed by atoms with Crippen LogP contribution in [0.3, 0.4) is 0 Å². The normalized spacial score (nSPS) is 22.3. The molecular formula is C4H18O8Si4. The van der Waals surface area contributed by atoms with Crippen molar-refractivity contribution in [3.05, 3.63) is 0 Å². The summed E-state index contributed by atoms with van der Waals surface area (Å²) in [7, 11) is -14.0. The maximum absolute atomic E-state index is 9.64. The van der Waals surface area contributed by atoms with Crippen molar-refractivity contribution in [2.45, 2.75) is 26.2 Å². The van der Waals surface area contributed by atoms with Crippen LogP contribution in [0, 0.1) is 0 Å². The molecule has 3 atom stereocenters. The van der Waals surface area contributed by atoms with E-state index in [0.29, 0.717) is 0 Å². The lowest BCUT2D eigenvalue weighted by molar-refractivity contribution is 0.135. The van der Waals surface area contributed by atoms with Gasteiger partial charge in [0.25, 0.3) is 0 Å². The average Bonchev–Trinajstić information content (AvgIpc) is 1.69. The van der Waals surface area contributed by atoms with Gasteiger partial charge in [-0.15, -0.1) is 0 Å². The van der Waals surface area contributed by atoms with E-state index < -0.39 is 35.7 Å². The van der Waals surface area contributed by atoms with E-state index in [1.54, 1.807) is 0 Å². The first-order valence-corrected chi connectivity index (χ1v) is 13.5. The fraction of sp³-hybridized carbons (Fsp3) is 1.00. The lowest BCUT2D eigenvalue weighted by Crippen LogP contribution is -2.58. The second-order valence-electron chi connectivity index (χ2n) is 3.65. The molecule has 12 heteroatoms. The molecule has 3 unspecified atom stereocenters. The first-order chi connectivity index (χ1) is 6.83. The molecule has 0 bridgehead atoms. The van der Waals surface area contributed by atoms with Crippen LogP contribution in [0.5, 0.6) is 0 Å². The van der Waals surface area contributed by atoms with E-state index in [4.69, 9.17) is 22.6 Å². The molecule has 0 aliphatic rings. The first kappa shape index (κ1) is 16.5. The summed E-state index contributed by atoms with van der Waals surface area (Å²) in [5.74, 6) is 0. The Labute approximate surface area is 98.6 Å². The summed E-state index contributed by atoms with van der Waals surface area (Å²) in [5, 5.41) is 0. The standard InChI is InChI=1S/C4H18O8Si4/c1-13(5)10-15(3,8)12-16(4,9)11-14(2,6)7/h5-9,13H,1-4H3. The third-order valence-electron chi connectivity index (χ3n) is 1.15. The fourth-order valence-electron chi connectivity index (χ4n) is 1.07. The predicted molar refractivity (Wildman–Crippen MR) is 62.2 cm³/mol. The topological polar surface area (TPSA) is 129 Å². The molecule has 0 saturated heterocycles. The third-order valence-corrected chi connectivity index (χ3v) is 10.4. The van der Waals surface area contributed by atoms with Crippen LogP contribution in [-0.4, -0.2) is 59.7 Å². The molecule has 0 spiro atoms. The van der Waals surface area contributed by atoms with Gasteiger partial charge in [-0.3, -0.25) is 0 Å². The van der Waals surface area contributed by atoms with Gasteiger partial charge in [-0.2, -0.15) is 0 Å². The smallest absolute Gasteiger partial charge is 0.413 e. The molecule has 16 heavy (non-hydrogen) atoms. The quantitative estimate of drug-likeness (QED) is 0.342. The number of hydrogen-bond donors (Lipinski definition) is 5. The molecule has 0 radical (unpaired) electrons. The summed E-state index contributed by atoms with van der Waals surface area (Å²) < 4.78 is 14.2. The lowest BCUT2D eigenvalue weighted by Gasteiger charge is -2.31. The second-order valence-corrected chi connectivity index (χ2v) is 12.9. The predicted octanol–water partition coefficient (Wildman–Crippen LogP) is -2.45. The third kappa shape index (κ3) is 8.67. The highest BCUT2D eigenvalue weighted by molar-refractivity contribution is 6.79. The SMILES string of the molecule is C[SiH](O)O[Si](C)(O)O[Si](C)(O)O[Si](C)(O)O. The molecule has 0 aliphatic heterocycles. The molecule has 0 fully saturated rings. The molecule has 0 amide bonds. The minimum absolute atomic E-state index is 1.03. The molecule has 0 aromatic heterocycles.